The molecule has 0 aliphatic heterocycles. The molecule has 9 heavy (non-hydrogen) atoms. The van der Waals surface area contributed by atoms with E-state index in [2.05, 4.69) is 0 Å². The van der Waals surface area contributed by atoms with Crippen LogP contribution in [-0.4, -0.2) is 23.0 Å². The van der Waals surface area contributed by atoms with Crippen LogP contribution < -0.4 is 0 Å². The number of hydrogen-bond acceptors (Lipinski definition) is 2. The third-order valence-electron chi connectivity index (χ3n) is 0.224. The number of Topliss-reactive ketones (excluding diaryl/α,β-unsaturated/α-hetero) is 1. The van der Waals surface area contributed by atoms with Crippen molar-refractivity contribution < 1.29 is 15.4 Å². The standard InChI is InChI=1S/C3H6O.C3H8O.H2O/c1-3(2)4;1-2-3-4;/h1-2H3;4H,2-3H2,1H3;1H2. The molecule has 0 aliphatic carbocycles. The van der Waals surface area contributed by atoms with E-state index in [4.69, 9.17) is 5.11 Å². The Labute approximate surface area is 56.0 Å². The number of ketones is 1. The largest absolute Gasteiger partial charge is 0.412 e. The molecule has 3 heteroatoms. The molecule has 0 heterocycles. The summed E-state index contributed by atoms with van der Waals surface area (Å²) in [4.78, 5) is 9.44. The molecule has 0 bridgehead atoms. The highest BCUT2D eigenvalue weighted by molar-refractivity contribution is 5.72. The van der Waals surface area contributed by atoms with E-state index in [-0.39, 0.29) is 11.3 Å². The summed E-state index contributed by atoms with van der Waals surface area (Å²) < 4.78 is 0. The second kappa shape index (κ2) is 15.6. The zero-order valence-electron chi connectivity index (χ0n) is 6.27. The van der Waals surface area contributed by atoms with Gasteiger partial charge in [0.15, 0.2) is 0 Å². The Morgan fingerprint density at radius 1 is 1.44 bits per heavy atom. The van der Waals surface area contributed by atoms with Gasteiger partial charge in [-0.3, -0.25) is 0 Å². The third kappa shape index (κ3) is 681. The molecule has 0 amide bonds. The van der Waals surface area contributed by atoms with Crippen LogP contribution in [0.4, 0.5) is 0 Å². The maximum Gasteiger partial charge on any atom is 0.126 e. The molecule has 0 aromatic carbocycles. The molecule has 0 unspecified atom stereocenters. The van der Waals surface area contributed by atoms with Gasteiger partial charge >= 0.3 is 0 Å². The summed E-state index contributed by atoms with van der Waals surface area (Å²) in [7, 11) is 0. The van der Waals surface area contributed by atoms with Gasteiger partial charge in [0, 0.05) is 6.61 Å². The van der Waals surface area contributed by atoms with Gasteiger partial charge in [-0.2, -0.15) is 0 Å². The van der Waals surface area contributed by atoms with E-state index in [1.807, 2.05) is 6.92 Å². The lowest BCUT2D eigenvalue weighted by molar-refractivity contribution is -0.114. The van der Waals surface area contributed by atoms with Gasteiger partial charge in [0.05, 0.1) is 0 Å². The van der Waals surface area contributed by atoms with Crippen LogP contribution in [0.15, 0.2) is 0 Å². The summed E-state index contributed by atoms with van der Waals surface area (Å²) in [5.41, 5.74) is 0. The lowest BCUT2D eigenvalue weighted by atomic mass is 10.5. The molecule has 0 radical (unpaired) electrons. The Morgan fingerprint density at radius 3 is 1.56 bits per heavy atom. The molecule has 0 fully saturated rings. The minimum atomic E-state index is 0. The first-order chi connectivity index (χ1) is 3.65. The Morgan fingerprint density at radius 2 is 1.56 bits per heavy atom. The van der Waals surface area contributed by atoms with Crippen molar-refractivity contribution in [2.45, 2.75) is 27.2 Å². The first kappa shape index (κ1) is 15.8. The number of hydrogen-bond donors (Lipinski definition) is 1. The van der Waals surface area contributed by atoms with Gasteiger partial charge in [-0.15, -0.1) is 0 Å². The van der Waals surface area contributed by atoms with E-state index in [0.29, 0.717) is 6.61 Å². The zero-order chi connectivity index (χ0) is 6.99. The average molecular weight is 136 g/mol. The SMILES string of the molecule is CC(C)=O.CCCO.O. The molecule has 0 rings (SSSR count). The van der Waals surface area contributed by atoms with E-state index in [0.717, 1.165) is 6.42 Å². The maximum atomic E-state index is 9.44. The predicted molar refractivity (Wildman–Crippen MR) is 37.3 cm³/mol. The van der Waals surface area contributed by atoms with Crippen molar-refractivity contribution in [3.05, 3.63) is 0 Å². The summed E-state index contributed by atoms with van der Waals surface area (Å²) in [6.07, 6.45) is 0.875. The molecular weight excluding hydrogens is 120 g/mol. The summed E-state index contributed by atoms with van der Waals surface area (Å²) >= 11 is 0. The van der Waals surface area contributed by atoms with Gasteiger partial charge in [0.1, 0.15) is 5.78 Å². The number of rotatable bonds is 1. The van der Waals surface area contributed by atoms with Gasteiger partial charge in [-0.05, 0) is 20.3 Å². The molecule has 0 aliphatic rings. The molecule has 0 saturated heterocycles. The topological polar surface area (TPSA) is 68.8 Å². The van der Waals surface area contributed by atoms with Crippen molar-refractivity contribution in [2.75, 3.05) is 6.61 Å². The number of aliphatic hydroxyl groups excluding tert-OH is 1. The molecule has 0 aromatic heterocycles. The third-order valence-corrected chi connectivity index (χ3v) is 0.224. The Hall–Kier alpha value is -0.410. The first-order valence-electron chi connectivity index (χ1n) is 2.73. The normalized spacial score (nSPS) is 6.22. The predicted octanol–water partition coefficient (Wildman–Crippen LogP) is 0.159. The molecule has 3 nitrogen and oxygen atoms in total. The lowest BCUT2D eigenvalue weighted by Gasteiger charge is -1.69. The minimum absolute atomic E-state index is 0. The van der Waals surface area contributed by atoms with Gasteiger partial charge < -0.3 is 15.4 Å². The van der Waals surface area contributed by atoms with Crippen LogP contribution in [-0.2, 0) is 4.79 Å². The fourth-order valence-electron chi connectivity index (χ4n) is 0. The Bertz CT molecular complexity index is 46.3. The second-order valence-corrected chi connectivity index (χ2v) is 1.63. The number of aliphatic hydroxyl groups is 1. The molecule has 0 saturated carbocycles. The second-order valence-electron chi connectivity index (χ2n) is 1.63. The number of carbonyl (C=O) groups is 1. The van der Waals surface area contributed by atoms with Crippen LogP contribution in [0, 0.1) is 0 Å². The van der Waals surface area contributed by atoms with Crippen LogP contribution in [0.25, 0.3) is 0 Å². The highest BCUT2D eigenvalue weighted by Crippen LogP contribution is 1.61. The van der Waals surface area contributed by atoms with Crippen LogP contribution >= 0.6 is 0 Å². The van der Waals surface area contributed by atoms with Gasteiger partial charge in [-0.25, -0.2) is 0 Å². The minimum Gasteiger partial charge on any atom is -0.412 e. The fourth-order valence-corrected chi connectivity index (χ4v) is 0. The lowest BCUT2D eigenvalue weighted by Crippen LogP contribution is -1.69. The zero-order valence-corrected chi connectivity index (χ0v) is 6.27. The summed E-state index contributed by atoms with van der Waals surface area (Å²) in [5, 5.41) is 7.88. The van der Waals surface area contributed by atoms with E-state index in [1.165, 1.54) is 13.8 Å². The fraction of sp³-hybridized carbons (Fsp3) is 0.833. The van der Waals surface area contributed by atoms with E-state index in [9.17, 15) is 4.79 Å². The molecule has 0 spiro atoms. The first-order valence-corrected chi connectivity index (χ1v) is 2.73. The molecule has 0 aromatic rings. The van der Waals surface area contributed by atoms with Crippen molar-refractivity contribution in [3.8, 4) is 0 Å². The molecular formula is C6H16O3. The van der Waals surface area contributed by atoms with Crippen molar-refractivity contribution in [1.29, 1.82) is 0 Å². The highest BCUT2D eigenvalue weighted by Gasteiger charge is 1.62. The monoisotopic (exact) mass is 136 g/mol. The quantitative estimate of drug-likeness (QED) is 0.557. The summed E-state index contributed by atoms with van der Waals surface area (Å²) in [6.45, 7) is 5.31. The maximum absolute atomic E-state index is 9.44. The molecule has 3 N–H and O–H groups in total. The van der Waals surface area contributed by atoms with Crippen LogP contribution in [0.5, 0.6) is 0 Å². The van der Waals surface area contributed by atoms with Crippen LogP contribution in [0.1, 0.15) is 27.2 Å². The van der Waals surface area contributed by atoms with E-state index < -0.39 is 0 Å². The van der Waals surface area contributed by atoms with Crippen molar-refractivity contribution >= 4 is 5.78 Å². The van der Waals surface area contributed by atoms with Gasteiger partial charge in [-0.1, -0.05) is 6.92 Å². The molecule has 0 atom stereocenters. The van der Waals surface area contributed by atoms with Crippen LogP contribution in [0.2, 0.25) is 0 Å². The molecule has 58 valence electrons. The van der Waals surface area contributed by atoms with Gasteiger partial charge in [0.2, 0.25) is 0 Å². The summed E-state index contributed by atoms with van der Waals surface area (Å²) in [6, 6.07) is 0. The smallest absolute Gasteiger partial charge is 0.126 e. The van der Waals surface area contributed by atoms with Crippen molar-refractivity contribution in [3.63, 3.8) is 0 Å². The van der Waals surface area contributed by atoms with E-state index >= 15 is 0 Å². The van der Waals surface area contributed by atoms with E-state index in [1.54, 1.807) is 0 Å². The number of carbonyl (C=O) groups excluding carboxylic acids is 1. The Kier molecular flexibility index (Phi) is 27.5. The summed E-state index contributed by atoms with van der Waals surface area (Å²) in [5.74, 6) is 0.167. The highest BCUT2D eigenvalue weighted by atomic mass is 16.2. The van der Waals surface area contributed by atoms with Crippen molar-refractivity contribution in [1.82, 2.24) is 0 Å². The Balaban J connectivity index is -0.0000000720. The van der Waals surface area contributed by atoms with Gasteiger partial charge in [0.25, 0.3) is 0 Å². The van der Waals surface area contributed by atoms with Crippen molar-refractivity contribution in [2.24, 2.45) is 0 Å². The van der Waals surface area contributed by atoms with Crippen LogP contribution in [0.3, 0.4) is 0 Å². The average Bonchev–Trinajstić information content (AvgIpc) is 1.65.